The quantitative estimate of drug-likeness (QED) is 0.233. The van der Waals surface area contributed by atoms with Gasteiger partial charge in [-0.05, 0) is 30.3 Å². The van der Waals surface area contributed by atoms with Crippen LogP contribution < -0.4 is 19.5 Å². The Bertz CT molecular complexity index is 1230. The number of aromatic amines is 1. The van der Waals surface area contributed by atoms with E-state index in [1.807, 2.05) is 6.07 Å². The van der Waals surface area contributed by atoms with Gasteiger partial charge in [-0.2, -0.15) is 0 Å². The van der Waals surface area contributed by atoms with Crippen LogP contribution in [0, 0.1) is 0 Å². The average Bonchev–Trinajstić information content (AvgIpc) is 3.26. The number of benzene rings is 2. The van der Waals surface area contributed by atoms with Gasteiger partial charge in [-0.25, -0.2) is 0 Å². The average molecular weight is 501 g/mol. The fraction of sp³-hybridized carbons (Fsp3) is 0.280. The van der Waals surface area contributed by atoms with E-state index < -0.39 is 12.7 Å². The molecule has 0 aliphatic heterocycles. The number of Topliss-reactive ketones (excluding diaryl/α,β-unsaturated/α-hetero) is 1. The Labute approximate surface area is 207 Å². The first-order valence-electron chi connectivity index (χ1n) is 10.7. The molecule has 0 saturated carbocycles. The van der Waals surface area contributed by atoms with Crippen molar-refractivity contribution in [2.75, 3.05) is 39.0 Å². The summed E-state index contributed by atoms with van der Waals surface area (Å²) in [5.41, 5.74) is 2.49. The molecule has 10 heteroatoms. The summed E-state index contributed by atoms with van der Waals surface area (Å²) >= 11 is 1.13. The van der Waals surface area contributed by atoms with E-state index in [0.717, 1.165) is 28.2 Å². The lowest BCUT2D eigenvalue weighted by atomic mass is 10.1. The highest BCUT2D eigenvalue weighted by Crippen LogP contribution is 2.39. The fourth-order valence-electron chi connectivity index (χ4n) is 3.46. The lowest BCUT2D eigenvalue weighted by Gasteiger charge is -2.15. The van der Waals surface area contributed by atoms with Gasteiger partial charge < -0.3 is 34.7 Å². The summed E-state index contributed by atoms with van der Waals surface area (Å²) in [5, 5.41) is 22.7. The van der Waals surface area contributed by atoms with Crippen molar-refractivity contribution < 1.29 is 34.0 Å². The Balaban J connectivity index is 2.05. The second-order valence-corrected chi connectivity index (χ2v) is 8.65. The van der Waals surface area contributed by atoms with E-state index in [-0.39, 0.29) is 17.4 Å². The minimum Gasteiger partial charge on any atom is -0.493 e. The minimum absolute atomic E-state index is 0.119. The topological polar surface area (TPSA) is 130 Å². The van der Waals surface area contributed by atoms with E-state index in [1.165, 1.54) is 28.3 Å². The maximum absolute atomic E-state index is 13.6. The Kier molecular flexibility index (Phi) is 8.80. The zero-order valence-electron chi connectivity index (χ0n) is 19.9. The number of fused-ring (bicyclic) bond motifs is 1. The number of anilines is 1. The number of H-pyrrole nitrogens is 1. The summed E-state index contributed by atoms with van der Waals surface area (Å²) in [6, 6.07) is 8.55. The smallest absolute Gasteiger partial charge is 0.221 e. The molecule has 1 unspecified atom stereocenters. The fourth-order valence-corrected chi connectivity index (χ4v) is 4.39. The van der Waals surface area contributed by atoms with Crippen LogP contribution in [-0.4, -0.2) is 66.7 Å². The number of aliphatic hydroxyl groups excluding tert-OH is 2. The van der Waals surface area contributed by atoms with Crippen molar-refractivity contribution in [1.29, 1.82) is 0 Å². The number of ketones is 1. The number of amides is 1. The number of hydrogen-bond donors (Lipinski definition) is 4. The molecule has 0 aliphatic rings. The molecule has 186 valence electrons. The Morgan fingerprint density at radius 3 is 2.37 bits per heavy atom. The molecule has 0 bridgehead atoms. The first-order valence-corrected chi connectivity index (χ1v) is 11.7. The van der Waals surface area contributed by atoms with Gasteiger partial charge in [0.15, 0.2) is 17.3 Å². The van der Waals surface area contributed by atoms with E-state index in [0.29, 0.717) is 33.4 Å². The number of methoxy groups -OCH3 is 3. The van der Waals surface area contributed by atoms with Gasteiger partial charge in [-0.1, -0.05) is 6.07 Å². The molecule has 2 aromatic carbocycles. The van der Waals surface area contributed by atoms with Gasteiger partial charge in [-0.15, -0.1) is 11.8 Å². The van der Waals surface area contributed by atoms with Crippen molar-refractivity contribution in [2.45, 2.75) is 13.0 Å². The lowest BCUT2D eigenvalue weighted by molar-refractivity contribution is -0.114. The van der Waals surface area contributed by atoms with Crippen LogP contribution in [-0.2, 0) is 4.79 Å². The number of thioether (sulfide) groups is 1. The van der Waals surface area contributed by atoms with Gasteiger partial charge in [-0.3, -0.25) is 9.59 Å². The van der Waals surface area contributed by atoms with Crippen LogP contribution in [0.5, 0.6) is 17.2 Å². The number of ether oxygens (including phenoxy) is 3. The Hall–Kier alpha value is -3.47. The molecule has 0 radical (unpaired) electrons. The number of aliphatic hydroxyl groups is 2. The number of carbonyl (C=O) groups is 2. The van der Waals surface area contributed by atoms with Crippen LogP contribution in [0.1, 0.15) is 22.8 Å². The normalized spacial score (nSPS) is 12.3. The van der Waals surface area contributed by atoms with Crippen molar-refractivity contribution >= 4 is 46.1 Å². The molecule has 0 saturated heterocycles. The maximum atomic E-state index is 13.6. The van der Waals surface area contributed by atoms with Gasteiger partial charge >= 0.3 is 0 Å². The molecule has 0 spiro atoms. The zero-order valence-corrected chi connectivity index (χ0v) is 20.7. The van der Waals surface area contributed by atoms with Gasteiger partial charge in [0.05, 0.1) is 38.9 Å². The Morgan fingerprint density at radius 1 is 1.11 bits per heavy atom. The molecule has 9 nitrogen and oxygen atoms in total. The van der Waals surface area contributed by atoms with E-state index >= 15 is 0 Å². The molecule has 0 aliphatic carbocycles. The van der Waals surface area contributed by atoms with Crippen molar-refractivity contribution in [3.63, 3.8) is 0 Å². The van der Waals surface area contributed by atoms with Gasteiger partial charge in [0.25, 0.3) is 0 Å². The predicted octanol–water partition coefficient (Wildman–Crippen LogP) is 3.46. The van der Waals surface area contributed by atoms with Crippen LogP contribution in [0.3, 0.4) is 0 Å². The summed E-state index contributed by atoms with van der Waals surface area (Å²) in [6.45, 7) is 1.02. The molecule has 4 N–H and O–H groups in total. The highest BCUT2D eigenvalue weighted by molar-refractivity contribution is 8.04. The van der Waals surface area contributed by atoms with Crippen LogP contribution >= 0.6 is 11.8 Å². The number of aromatic nitrogens is 1. The lowest BCUT2D eigenvalue weighted by Crippen LogP contribution is -2.16. The number of hydrogen-bond acceptors (Lipinski definition) is 8. The summed E-state index contributed by atoms with van der Waals surface area (Å²) in [6.07, 6.45) is 2.49. The largest absolute Gasteiger partial charge is 0.493 e. The molecule has 3 aromatic rings. The van der Waals surface area contributed by atoms with Crippen molar-refractivity contribution in [1.82, 2.24) is 4.98 Å². The Morgan fingerprint density at radius 2 is 1.80 bits per heavy atom. The molecule has 1 atom stereocenters. The summed E-state index contributed by atoms with van der Waals surface area (Å²) < 4.78 is 16.1. The molecule has 1 amide bonds. The van der Waals surface area contributed by atoms with Crippen molar-refractivity contribution in [3.8, 4) is 17.2 Å². The number of allylic oxidation sites excluding steroid dienone is 1. The molecular formula is C25H28N2O7S. The molecular weight excluding hydrogens is 472 g/mol. The second kappa shape index (κ2) is 11.8. The van der Waals surface area contributed by atoms with Crippen LogP contribution in [0.25, 0.3) is 17.0 Å². The van der Waals surface area contributed by atoms with E-state index in [9.17, 15) is 19.8 Å². The summed E-state index contributed by atoms with van der Waals surface area (Å²) in [4.78, 5) is 28.4. The van der Waals surface area contributed by atoms with Crippen LogP contribution in [0.2, 0.25) is 0 Å². The standard InChI is InChI=1S/C25H28N2O7S/c1-14(29)27-17-5-6-19-16(11-26-20(19)10-17)9-23(35-13-18(30)12-28)24(31)15-7-21(32-2)25(34-4)22(8-15)33-3/h5-11,18,26,28,30H,12-13H2,1-4H3,(H,27,29)/b23-9+. The van der Waals surface area contributed by atoms with E-state index in [1.54, 1.807) is 36.5 Å². The van der Waals surface area contributed by atoms with Gasteiger partial charge in [0.1, 0.15) is 0 Å². The van der Waals surface area contributed by atoms with Crippen LogP contribution in [0.15, 0.2) is 41.4 Å². The number of rotatable bonds is 11. The molecule has 0 fully saturated rings. The first kappa shape index (κ1) is 26.1. The molecule has 1 aromatic heterocycles. The highest BCUT2D eigenvalue weighted by atomic mass is 32.2. The van der Waals surface area contributed by atoms with Crippen molar-refractivity contribution in [2.24, 2.45) is 0 Å². The third-order valence-electron chi connectivity index (χ3n) is 5.11. The molecule has 1 heterocycles. The van der Waals surface area contributed by atoms with Crippen LogP contribution in [0.4, 0.5) is 5.69 Å². The number of carbonyl (C=O) groups excluding carboxylic acids is 2. The second-order valence-electron chi connectivity index (χ2n) is 7.58. The highest BCUT2D eigenvalue weighted by Gasteiger charge is 2.21. The van der Waals surface area contributed by atoms with Gasteiger partial charge in [0.2, 0.25) is 11.7 Å². The van der Waals surface area contributed by atoms with Gasteiger partial charge in [0, 0.05) is 46.6 Å². The zero-order chi connectivity index (χ0) is 25.5. The number of nitrogens with one attached hydrogen (secondary N) is 2. The molecule has 35 heavy (non-hydrogen) atoms. The first-order chi connectivity index (χ1) is 16.8. The van der Waals surface area contributed by atoms with Crippen molar-refractivity contribution in [3.05, 3.63) is 52.6 Å². The SMILES string of the molecule is COc1cc(C(=O)/C(=C\c2c[nH]c3cc(NC(C)=O)ccc23)SCC(O)CO)cc(OC)c1OC. The maximum Gasteiger partial charge on any atom is 0.221 e. The van der Waals surface area contributed by atoms with E-state index in [4.69, 9.17) is 14.2 Å². The van der Waals surface area contributed by atoms with E-state index in [2.05, 4.69) is 10.3 Å². The summed E-state index contributed by atoms with van der Waals surface area (Å²) in [5.74, 6) is 0.678. The third-order valence-corrected chi connectivity index (χ3v) is 6.28. The predicted molar refractivity (Wildman–Crippen MR) is 137 cm³/mol. The minimum atomic E-state index is -0.987. The monoisotopic (exact) mass is 500 g/mol. The molecule has 3 rings (SSSR count). The third kappa shape index (κ3) is 6.16. The summed E-state index contributed by atoms with van der Waals surface area (Å²) in [7, 11) is 4.42.